The van der Waals surface area contributed by atoms with Crippen molar-refractivity contribution in [3.8, 4) is 11.3 Å². The Balaban J connectivity index is 1.68. The molecule has 0 bridgehead atoms. The zero-order valence-corrected chi connectivity index (χ0v) is 15.4. The van der Waals surface area contributed by atoms with Gasteiger partial charge in [-0.3, -0.25) is 4.79 Å². The molecule has 2 aromatic carbocycles. The average Bonchev–Trinajstić information content (AvgIpc) is 3.17. The fourth-order valence-electron chi connectivity index (χ4n) is 2.84. The van der Waals surface area contributed by atoms with Crippen LogP contribution >= 0.6 is 11.3 Å². The molecule has 0 spiro atoms. The van der Waals surface area contributed by atoms with Gasteiger partial charge in [-0.2, -0.15) is 0 Å². The number of para-hydroxylation sites is 1. The first-order chi connectivity index (χ1) is 13.1. The molecule has 1 N–H and O–H groups in total. The number of carbonyl (C=O) groups excluding carboxylic acids is 1. The van der Waals surface area contributed by atoms with Gasteiger partial charge in [0.2, 0.25) is 5.91 Å². The first kappa shape index (κ1) is 17.3. The van der Waals surface area contributed by atoms with Gasteiger partial charge in [-0.05, 0) is 30.7 Å². The number of benzene rings is 2. The molecule has 0 fully saturated rings. The number of anilines is 1. The van der Waals surface area contributed by atoms with Crippen LogP contribution in [0.25, 0.3) is 22.2 Å². The molecule has 6 heteroatoms. The van der Waals surface area contributed by atoms with Crippen LogP contribution in [0.2, 0.25) is 0 Å². The lowest BCUT2D eigenvalue weighted by molar-refractivity contribution is -0.115. The van der Waals surface area contributed by atoms with Gasteiger partial charge in [0, 0.05) is 16.3 Å². The van der Waals surface area contributed by atoms with Crippen LogP contribution < -0.4 is 5.32 Å². The van der Waals surface area contributed by atoms with Crippen LogP contribution in [0.5, 0.6) is 0 Å². The normalized spacial score (nSPS) is 10.9. The second-order valence-corrected chi connectivity index (χ2v) is 6.96. The SMILES string of the molecule is Cc1ccc(-c2ccc3cccc(NC(=O)Cc4cscn4)c3n2)cc1F. The molecule has 0 aliphatic heterocycles. The highest BCUT2D eigenvalue weighted by Gasteiger charge is 2.11. The molecule has 4 aromatic rings. The van der Waals surface area contributed by atoms with Crippen molar-refractivity contribution in [2.75, 3.05) is 5.32 Å². The fourth-order valence-corrected chi connectivity index (χ4v) is 3.40. The summed E-state index contributed by atoms with van der Waals surface area (Å²) in [5.41, 5.74) is 5.68. The van der Waals surface area contributed by atoms with Crippen molar-refractivity contribution >= 4 is 33.8 Å². The summed E-state index contributed by atoms with van der Waals surface area (Å²) in [6, 6.07) is 14.4. The minimum absolute atomic E-state index is 0.151. The summed E-state index contributed by atoms with van der Waals surface area (Å²) in [5.74, 6) is -0.416. The van der Waals surface area contributed by atoms with Crippen LogP contribution in [0.15, 0.2) is 59.4 Å². The molecular weight excluding hydrogens is 361 g/mol. The van der Waals surface area contributed by atoms with Crippen molar-refractivity contribution in [2.45, 2.75) is 13.3 Å². The lowest BCUT2D eigenvalue weighted by Crippen LogP contribution is -2.15. The van der Waals surface area contributed by atoms with Crippen molar-refractivity contribution in [1.82, 2.24) is 9.97 Å². The van der Waals surface area contributed by atoms with Gasteiger partial charge in [0.1, 0.15) is 5.82 Å². The molecule has 2 heterocycles. The van der Waals surface area contributed by atoms with E-state index in [0.717, 1.165) is 11.1 Å². The largest absolute Gasteiger partial charge is 0.324 e. The number of thiazole rings is 1. The van der Waals surface area contributed by atoms with Crippen molar-refractivity contribution in [3.63, 3.8) is 0 Å². The zero-order valence-electron chi connectivity index (χ0n) is 14.6. The molecule has 0 radical (unpaired) electrons. The van der Waals surface area contributed by atoms with Crippen LogP contribution in [0.3, 0.4) is 0 Å². The van der Waals surface area contributed by atoms with Crippen LogP contribution in [0, 0.1) is 12.7 Å². The highest BCUT2D eigenvalue weighted by Crippen LogP contribution is 2.27. The minimum Gasteiger partial charge on any atom is -0.324 e. The Morgan fingerprint density at radius 1 is 1.19 bits per heavy atom. The maximum atomic E-state index is 13.9. The molecule has 0 aliphatic carbocycles. The molecular formula is C21H16FN3OS. The third-order valence-corrected chi connectivity index (χ3v) is 4.92. The summed E-state index contributed by atoms with van der Waals surface area (Å²) in [6.45, 7) is 1.73. The first-order valence-electron chi connectivity index (χ1n) is 8.43. The van der Waals surface area contributed by atoms with E-state index < -0.39 is 0 Å². The molecule has 0 unspecified atom stereocenters. The highest BCUT2D eigenvalue weighted by molar-refractivity contribution is 7.07. The molecule has 0 saturated heterocycles. The third kappa shape index (κ3) is 3.71. The lowest BCUT2D eigenvalue weighted by Gasteiger charge is -2.10. The van der Waals surface area contributed by atoms with Crippen LogP contribution in [-0.2, 0) is 11.2 Å². The van der Waals surface area contributed by atoms with Crippen molar-refractivity contribution < 1.29 is 9.18 Å². The molecule has 0 atom stereocenters. The maximum absolute atomic E-state index is 13.9. The Hall–Kier alpha value is -3.12. The highest BCUT2D eigenvalue weighted by atomic mass is 32.1. The Bertz CT molecular complexity index is 1130. The maximum Gasteiger partial charge on any atom is 0.230 e. The molecule has 4 rings (SSSR count). The predicted molar refractivity (Wildman–Crippen MR) is 106 cm³/mol. The van der Waals surface area contributed by atoms with E-state index in [9.17, 15) is 9.18 Å². The van der Waals surface area contributed by atoms with Gasteiger partial charge in [-0.25, -0.2) is 14.4 Å². The number of amides is 1. The van der Waals surface area contributed by atoms with Gasteiger partial charge < -0.3 is 5.32 Å². The van der Waals surface area contributed by atoms with E-state index in [2.05, 4.69) is 15.3 Å². The van der Waals surface area contributed by atoms with Gasteiger partial charge in [-0.15, -0.1) is 11.3 Å². The number of pyridine rings is 1. The molecule has 0 saturated carbocycles. The summed E-state index contributed by atoms with van der Waals surface area (Å²) in [5, 5.41) is 5.66. The van der Waals surface area contributed by atoms with Gasteiger partial charge in [-0.1, -0.05) is 30.3 Å². The number of nitrogens with zero attached hydrogens (tertiary/aromatic N) is 2. The number of halogens is 1. The van der Waals surface area contributed by atoms with E-state index in [1.807, 2.05) is 41.8 Å². The number of rotatable bonds is 4. The summed E-state index contributed by atoms with van der Waals surface area (Å²) >= 11 is 1.46. The van der Waals surface area contributed by atoms with Gasteiger partial charge in [0.05, 0.1) is 34.5 Å². The second-order valence-electron chi connectivity index (χ2n) is 6.24. The van der Waals surface area contributed by atoms with Crippen molar-refractivity contribution in [3.05, 3.63) is 76.5 Å². The Kier molecular flexibility index (Phi) is 4.64. The fraction of sp³-hybridized carbons (Fsp3) is 0.0952. The third-order valence-electron chi connectivity index (χ3n) is 4.29. The van der Waals surface area contributed by atoms with Crippen LogP contribution in [-0.4, -0.2) is 15.9 Å². The summed E-state index contributed by atoms with van der Waals surface area (Å²) in [7, 11) is 0. The number of hydrogen-bond acceptors (Lipinski definition) is 4. The Morgan fingerprint density at radius 3 is 2.85 bits per heavy atom. The Labute approximate surface area is 159 Å². The summed E-state index contributed by atoms with van der Waals surface area (Å²) in [6.07, 6.45) is 0.211. The number of aryl methyl sites for hydroxylation is 1. The van der Waals surface area contributed by atoms with Crippen molar-refractivity contribution in [1.29, 1.82) is 0 Å². The smallest absolute Gasteiger partial charge is 0.230 e. The predicted octanol–water partition coefficient (Wildman–Crippen LogP) is 4.99. The van der Waals surface area contributed by atoms with Gasteiger partial charge in [0.25, 0.3) is 0 Å². The summed E-state index contributed by atoms with van der Waals surface area (Å²) in [4.78, 5) is 21.1. The second kappa shape index (κ2) is 7.25. The van der Waals surface area contributed by atoms with E-state index in [4.69, 9.17) is 0 Å². The van der Waals surface area contributed by atoms with E-state index >= 15 is 0 Å². The summed E-state index contributed by atoms with van der Waals surface area (Å²) < 4.78 is 13.9. The first-order valence-corrected chi connectivity index (χ1v) is 9.37. The monoisotopic (exact) mass is 377 g/mol. The zero-order chi connectivity index (χ0) is 18.8. The number of fused-ring (bicyclic) bond motifs is 1. The number of hydrogen-bond donors (Lipinski definition) is 1. The van der Waals surface area contributed by atoms with Crippen molar-refractivity contribution in [2.24, 2.45) is 0 Å². The molecule has 0 aliphatic rings. The topological polar surface area (TPSA) is 54.9 Å². The standard InChI is InChI=1S/C21H16FN3OS/c1-13-5-6-15(9-17(13)22)18-8-7-14-3-2-4-19(21(14)25-18)24-20(26)10-16-11-27-12-23-16/h2-9,11-12H,10H2,1H3,(H,24,26). The molecule has 27 heavy (non-hydrogen) atoms. The van der Waals surface area contributed by atoms with E-state index in [0.29, 0.717) is 28.0 Å². The molecule has 134 valence electrons. The van der Waals surface area contributed by atoms with Crippen LogP contribution in [0.1, 0.15) is 11.3 Å². The quantitative estimate of drug-likeness (QED) is 0.545. The molecule has 1 amide bonds. The molecule has 2 aromatic heterocycles. The Morgan fingerprint density at radius 2 is 2.07 bits per heavy atom. The lowest BCUT2D eigenvalue weighted by atomic mass is 10.1. The number of aromatic nitrogens is 2. The van der Waals surface area contributed by atoms with Gasteiger partial charge >= 0.3 is 0 Å². The number of nitrogens with one attached hydrogen (secondary N) is 1. The van der Waals surface area contributed by atoms with E-state index in [1.165, 1.54) is 17.4 Å². The van der Waals surface area contributed by atoms with E-state index in [-0.39, 0.29) is 18.1 Å². The minimum atomic E-state index is -0.265. The molecule has 4 nitrogen and oxygen atoms in total. The average molecular weight is 377 g/mol. The van der Waals surface area contributed by atoms with Crippen LogP contribution in [0.4, 0.5) is 10.1 Å². The van der Waals surface area contributed by atoms with E-state index in [1.54, 1.807) is 18.5 Å². The number of carbonyl (C=O) groups is 1. The van der Waals surface area contributed by atoms with Gasteiger partial charge in [0.15, 0.2) is 0 Å².